The molecule has 3 heteroatoms. The third-order valence-electron chi connectivity index (χ3n) is 1.56. The van der Waals surface area contributed by atoms with Crippen molar-refractivity contribution in [1.82, 2.24) is 0 Å². The first kappa shape index (κ1) is 8.08. The van der Waals surface area contributed by atoms with Crippen LogP contribution in [-0.2, 0) is 0 Å². The second-order valence-electron chi connectivity index (χ2n) is 2.36. The molecule has 0 bridgehead atoms. The van der Waals surface area contributed by atoms with E-state index in [0.29, 0.717) is 10.7 Å². The maximum atomic E-state index is 7.04. The Morgan fingerprint density at radius 3 is 2.73 bits per heavy atom. The quantitative estimate of drug-likeness (QED) is 0.490. The Morgan fingerprint density at radius 2 is 2.18 bits per heavy atom. The van der Waals surface area contributed by atoms with Crippen molar-refractivity contribution in [2.75, 3.05) is 5.73 Å². The van der Waals surface area contributed by atoms with Crippen LogP contribution in [0.3, 0.4) is 0 Å². The van der Waals surface area contributed by atoms with Crippen molar-refractivity contribution in [2.45, 2.75) is 6.92 Å². The number of hydrogen-bond donors (Lipinski definition) is 2. The minimum Gasteiger partial charge on any atom is -0.399 e. The van der Waals surface area contributed by atoms with E-state index in [2.05, 4.69) is 0 Å². The first-order valence-electron chi connectivity index (χ1n) is 3.21. The van der Waals surface area contributed by atoms with Gasteiger partial charge in [-0.25, -0.2) is 0 Å². The van der Waals surface area contributed by atoms with Gasteiger partial charge in [-0.15, -0.1) is 0 Å². The summed E-state index contributed by atoms with van der Waals surface area (Å²) in [7, 11) is 0. The summed E-state index contributed by atoms with van der Waals surface area (Å²) >= 11 is 5.81. The lowest BCUT2D eigenvalue weighted by atomic mass is 10.1. The second kappa shape index (κ2) is 2.93. The van der Waals surface area contributed by atoms with Gasteiger partial charge in [-0.3, -0.25) is 0 Å². The van der Waals surface area contributed by atoms with Gasteiger partial charge in [0.15, 0.2) is 0 Å². The molecule has 11 heavy (non-hydrogen) atoms. The van der Waals surface area contributed by atoms with Crippen molar-refractivity contribution in [1.29, 1.82) is 5.41 Å². The molecule has 0 atom stereocenters. The molecule has 1 aromatic rings. The van der Waals surface area contributed by atoms with E-state index >= 15 is 0 Å². The monoisotopic (exact) mass is 168 g/mol. The largest absolute Gasteiger partial charge is 0.399 e. The third-order valence-corrected chi connectivity index (χ3v) is 1.95. The standard InChI is InChI=1S/C8H9ClN2/c1-5-6(4-10)2-7(11)3-8(5)9/h2-4,10H,11H2,1H3. The number of halogens is 1. The zero-order valence-corrected chi connectivity index (χ0v) is 6.94. The predicted octanol–water partition coefficient (Wildman–Crippen LogP) is 2.23. The van der Waals surface area contributed by atoms with Gasteiger partial charge in [-0.1, -0.05) is 11.6 Å². The Balaban J connectivity index is 3.35. The van der Waals surface area contributed by atoms with Crippen LogP contribution in [-0.4, -0.2) is 6.21 Å². The molecule has 0 heterocycles. The summed E-state index contributed by atoms with van der Waals surface area (Å²) in [6.45, 7) is 1.86. The molecule has 1 aromatic carbocycles. The van der Waals surface area contributed by atoms with Crippen LogP contribution in [0.15, 0.2) is 12.1 Å². The summed E-state index contributed by atoms with van der Waals surface area (Å²) in [6.07, 6.45) is 1.25. The highest BCUT2D eigenvalue weighted by atomic mass is 35.5. The van der Waals surface area contributed by atoms with Crippen LogP contribution >= 0.6 is 11.6 Å². The highest BCUT2D eigenvalue weighted by Gasteiger charge is 2.00. The fourth-order valence-corrected chi connectivity index (χ4v) is 1.11. The molecule has 0 saturated carbocycles. The Kier molecular flexibility index (Phi) is 2.15. The van der Waals surface area contributed by atoms with Crippen molar-refractivity contribution >= 4 is 23.5 Å². The average molecular weight is 169 g/mol. The fourth-order valence-electron chi connectivity index (χ4n) is 0.872. The molecule has 0 spiro atoms. The topological polar surface area (TPSA) is 49.9 Å². The summed E-state index contributed by atoms with van der Waals surface area (Å²) < 4.78 is 0. The van der Waals surface area contributed by atoms with Crippen LogP contribution in [0.2, 0.25) is 5.02 Å². The molecular formula is C8H9ClN2. The van der Waals surface area contributed by atoms with E-state index in [9.17, 15) is 0 Å². The molecule has 0 unspecified atom stereocenters. The number of nitrogens with one attached hydrogen (secondary N) is 1. The summed E-state index contributed by atoms with van der Waals surface area (Å²) in [5, 5.41) is 7.65. The molecule has 2 nitrogen and oxygen atoms in total. The van der Waals surface area contributed by atoms with Crippen molar-refractivity contribution in [3.8, 4) is 0 Å². The zero-order chi connectivity index (χ0) is 8.43. The highest BCUT2D eigenvalue weighted by molar-refractivity contribution is 6.32. The lowest BCUT2D eigenvalue weighted by Gasteiger charge is -2.03. The molecule has 0 aliphatic carbocycles. The minimum atomic E-state index is 0.596. The van der Waals surface area contributed by atoms with Crippen molar-refractivity contribution in [2.24, 2.45) is 0 Å². The first-order chi connectivity index (χ1) is 5.15. The first-order valence-corrected chi connectivity index (χ1v) is 3.59. The third kappa shape index (κ3) is 1.52. The molecule has 0 aliphatic rings. The number of hydrogen-bond acceptors (Lipinski definition) is 2. The Bertz CT molecular complexity index is 294. The molecule has 1 rings (SSSR count). The number of anilines is 1. The van der Waals surface area contributed by atoms with E-state index in [4.69, 9.17) is 22.7 Å². The summed E-state index contributed by atoms with van der Waals surface area (Å²) in [5.41, 5.74) is 7.78. The SMILES string of the molecule is Cc1c(Cl)cc(N)cc1C=N. The smallest absolute Gasteiger partial charge is 0.0462 e. The fraction of sp³-hybridized carbons (Fsp3) is 0.125. The number of nitrogens with two attached hydrogens (primary N) is 1. The molecule has 0 fully saturated rings. The molecule has 0 aromatic heterocycles. The van der Waals surface area contributed by atoms with Gasteiger partial charge in [0.1, 0.15) is 0 Å². The van der Waals surface area contributed by atoms with Gasteiger partial charge in [0, 0.05) is 16.9 Å². The van der Waals surface area contributed by atoms with E-state index in [0.717, 1.165) is 11.1 Å². The Morgan fingerprint density at radius 1 is 1.55 bits per heavy atom. The minimum absolute atomic E-state index is 0.596. The lowest BCUT2D eigenvalue weighted by molar-refractivity contribution is 1.43. The van der Waals surface area contributed by atoms with Gasteiger partial charge in [-0.05, 0) is 30.2 Å². The van der Waals surface area contributed by atoms with Crippen LogP contribution in [0.5, 0.6) is 0 Å². The van der Waals surface area contributed by atoms with Crippen LogP contribution in [0, 0.1) is 12.3 Å². The van der Waals surface area contributed by atoms with E-state index < -0.39 is 0 Å². The van der Waals surface area contributed by atoms with Crippen LogP contribution < -0.4 is 5.73 Å². The van der Waals surface area contributed by atoms with Crippen LogP contribution in [0.1, 0.15) is 11.1 Å². The second-order valence-corrected chi connectivity index (χ2v) is 2.77. The maximum absolute atomic E-state index is 7.04. The summed E-state index contributed by atoms with van der Waals surface area (Å²) in [5.74, 6) is 0. The molecule has 0 aliphatic heterocycles. The van der Waals surface area contributed by atoms with Gasteiger partial charge in [-0.2, -0.15) is 0 Å². The highest BCUT2D eigenvalue weighted by Crippen LogP contribution is 2.21. The Labute approximate surface area is 70.5 Å². The summed E-state index contributed by atoms with van der Waals surface area (Å²) in [6, 6.07) is 3.41. The Hall–Kier alpha value is -1.02. The molecular weight excluding hydrogens is 160 g/mol. The number of benzene rings is 1. The van der Waals surface area contributed by atoms with Gasteiger partial charge < -0.3 is 11.1 Å². The van der Waals surface area contributed by atoms with E-state index in [1.54, 1.807) is 12.1 Å². The molecule has 0 amide bonds. The number of nitrogen functional groups attached to an aromatic ring is 1. The molecule has 3 N–H and O–H groups in total. The van der Waals surface area contributed by atoms with Crippen molar-refractivity contribution in [3.05, 3.63) is 28.3 Å². The summed E-state index contributed by atoms with van der Waals surface area (Å²) in [4.78, 5) is 0. The average Bonchev–Trinajstić information content (AvgIpc) is 1.96. The number of rotatable bonds is 1. The van der Waals surface area contributed by atoms with E-state index in [1.165, 1.54) is 6.21 Å². The zero-order valence-electron chi connectivity index (χ0n) is 6.19. The van der Waals surface area contributed by atoms with Gasteiger partial charge in [0.2, 0.25) is 0 Å². The van der Waals surface area contributed by atoms with Gasteiger partial charge in [0.25, 0.3) is 0 Å². The molecule has 58 valence electrons. The molecule has 0 radical (unpaired) electrons. The maximum Gasteiger partial charge on any atom is 0.0462 e. The lowest BCUT2D eigenvalue weighted by Crippen LogP contribution is -1.92. The van der Waals surface area contributed by atoms with Crippen LogP contribution in [0.25, 0.3) is 0 Å². The van der Waals surface area contributed by atoms with E-state index in [1.807, 2.05) is 6.92 Å². The van der Waals surface area contributed by atoms with Gasteiger partial charge >= 0.3 is 0 Å². The predicted molar refractivity (Wildman–Crippen MR) is 48.5 cm³/mol. The van der Waals surface area contributed by atoms with Crippen molar-refractivity contribution < 1.29 is 0 Å². The molecule has 0 saturated heterocycles. The normalized spacial score (nSPS) is 9.64. The van der Waals surface area contributed by atoms with E-state index in [-0.39, 0.29) is 0 Å². The van der Waals surface area contributed by atoms with Crippen LogP contribution in [0.4, 0.5) is 5.69 Å². The van der Waals surface area contributed by atoms with Crippen molar-refractivity contribution in [3.63, 3.8) is 0 Å². The van der Waals surface area contributed by atoms with Gasteiger partial charge in [0.05, 0.1) is 0 Å².